The van der Waals surface area contributed by atoms with Gasteiger partial charge in [-0.15, -0.1) is 0 Å². The summed E-state index contributed by atoms with van der Waals surface area (Å²) < 4.78 is 49.5. The molecule has 0 saturated carbocycles. The Labute approximate surface area is 158 Å². The molecule has 0 saturated heterocycles. The molecule has 0 spiro atoms. The average molecular weight is 390 g/mol. The van der Waals surface area contributed by atoms with Gasteiger partial charge < -0.3 is 19.6 Å². The standard InChI is InChI=1S/C20H17F3N2O3/c1-11-18(12-5-7-13(8-6-12)20(21,22)23)28-19(24-11)25-16-3-2-4-17-15(16)9-14(26)10-27-17/h2-8,14,26H,9-10H2,1H3,(H,24,25). The molecule has 2 aromatic carbocycles. The number of oxazole rings is 1. The van der Waals surface area contributed by atoms with Crippen molar-refractivity contribution in [2.75, 3.05) is 11.9 Å². The normalized spacial score (nSPS) is 16.4. The van der Waals surface area contributed by atoms with Crippen LogP contribution >= 0.6 is 0 Å². The number of rotatable bonds is 3. The Kier molecular flexibility index (Phi) is 4.50. The number of anilines is 2. The lowest BCUT2D eigenvalue weighted by Gasteiger charge is -2.23. The Balaban J connectivity index is 1.61. The maximum Gasteiger partial charge on any atom is 0.416 e. The molecule has 0 amide bonds. The topological polar surface area (TPSA) is 67.5 Å². The molecule has 0 radical (unpaired) electrons. The van der Waals surface area contributed by atoms with Crippen molar-refractivity contribution in [2.24, 2.45) is 0 Å². The first-order chi connectivity index (χ1) is 13.3. The van der Waals surface area contributed by atoms with Crippen LogP contribution in [-0.2, 0) is 12.6 Å². The quantitative estimate of drug-likeness (QED) is 0.678. The van der Waals surface area contributed by atoms with Gasteiger partial charge in [0.25, 0.3) is 6.01 Å². The number of aryl methyl sites for hydroxylation is 1. The van der Waals surface area contributed by atoms with Crippen molar-refractivity contribution in [2.45, 2.75) is 25.6 Å². The third-order valence-electron chi connectivity index (χ3n) is 4.52. The van der Waals surface area contributed by atoms with Crippen molar-refractivity contribution in [1.82, 2.24) is 4.98 Å². The fourth-order valence-corrected chi connectivity index (χ4v) is 3.15. The Morgan fingerprint density at radius 3 is 2.61 bits per heavy atom. The lowest BCUT2D eigenvalue weighted by Crippen LogP contribution is -2.26. The zero-order valence-corrected chi connectivity index (χ0v) is 14.9. The number of ether oxygens (including phenoxy) is 1. The molecule has 1 aliphatic rings. The van der Waals surface area contributed by atoms with Crippen LogP contribution in [0.4, 0.5) is 24.9 Å². The largest absolute Gasteiger partial charge is 0.491 e. The molecule has 4 rings (SSSR count). The summed E-state index contributed by atoms with van der Waals surface area (Å²) in [5.74, 6) is 1.07. The number of aliphatic hydroxyl groups excluding tert-OH is 1. The SMILES string of the molecule is Cc1nc(Nc2cccc3c2CC(O)CO3)oc1-c1ccc(C(F)(F)F)cc1. The molecule has 0 bridgehead atoms. The minimum absolute atomic E-state index is 0.209. The molecule has 1 atom stereocenters. The molecule has 3 aromatic rings. The minimum atomic E-state index is -4.39. The van der Waals surface area contributed by atoms with E-state index in [1.807, 2.05) is 18.2 Å². The lowest BCUT2D eigenvalue weighted by molar-refractivity contribution is -0.137. The molecule has 2 N–H and O–H groups in total. The zero-order valence-electron chi connectivity index (χ0n) is 14.9. The molecule has 28 heavy (non-hydrogen) atoms. The summed E-state index contributed by atoms with van der Waals surface area (Å²) in [7, 11) is 0. The number of nitrogens with zero attached hydrogens (tertiary/aromatic N) is 1. The highest BCUT2D eigenvalue weighted by Gasteiger charge is 2.30. The first kappa shape index (κ1) is 18.4. The molecule has 1 aromatic heterocycles. The summed E-state index contributed by atoms with van der Waals surface area (Å²) in [5.41, 5.74) is 1.83. The Hall–Kier alpha value is -3.00. The van der Waals surface area contributed by atoms with E-state index in [4.69, 9.17) is 9.15 Å². The fraction of sp³-hybridized carbons (Fsp3) is 0.250. The van der Waals surface area contributed by atoms with Crippen LogP contribution in [0.5, 0.6) is 5.75 Å². The van der Waals surface area contributed by atoms with Crippen LogP contribution in [0.1, 0.15) is 16.8 Å². The van der Waals surface area contributed by atoms with E-state index in [1.165, 1.54) is 12.1 Å². The van der Waals surface area contributed by atoms with Crippen LogP contribution in [0.15, 0.2) is 46.9 Å². The van der Waals surface area contributed by atoms with Gasteiger partial charge in [-0.2, -0.15) is 18.2 Å². The van der Waals surface area contributed by atoms with Gasteiger partial charge in [0.15, 0.2) is 5.76 Å². The number of fused-ring (bicyclic) bond motifs is 1. The predicted molar refractivity (Wildman–Crippen MR) is 96.6 cm³/mol. The number of halogens is 3. The van der Waals surface area contributed by atoms with Crippen LogP contribution in [0.2, 0.25) is 0 Å². The molecule has 0 fully saturated rings. The van der Waals surface area contributed by atoms with Crippen molar-refractivity contribution in [1.29, 1.82) is 0 Å². The van der Waals surface area contributed by atoms with E-state index in [9.17, 15) is 18.3 Å². The summed E-state index contributed by atoms with van der Waals surface area (Å²) >= 11 is 0. The maximum atomic E-state index is 12.7. The van der Waals surface area contributed by atoms with E-state index in [-0.39, 0.29) is 12.6 Å². The molecule has 5 nitrogen and oxygen atoms in total. The third kappa shape index (κ3) is 3.55. The highest BCUT2D eigenvalue weighted by atomic mass is 19.4. The van der Waals surface area contributed by atoms with Gasteiger partial charge in [-0.05, 0) is 31.2 Å². The van der Waals surface area contributed by atoms with E-state index in [0.29, 0.717) is 34.9 Å². The third-order valence-corrected chi connectivity index (χ3v) is 4.52. The predicted octanol–water partition coefficient (Wildman–Crippen LogP) is 4.71. The first-order valence-corrected chi connectivity index (χ1v) is 8.66. The van der Waals surface area contributed by atoms with Crippen molar-refractivity contribution in [3.05, 3.63) is 59.3 Å². The molecular formula is C20H17F3N2O3. The van der Waals surface area contributed by atoms with Gasteiger partial charge in [-0.3, -0.25) is 0 Å². The average Bonchev–Trinajstić information content (AvgIpc) is 3.02. The van der Waals surface area contributed by atoms with Crippen LogP contribution < -0.4 is 10.1 Å². The van der Waals surface area contributed by atoms with Crippen LogP contribution in [0.3, 0.4) is 0 Å². The summed E-state index contributed by atoms with van der Waals surface area (Å²) in [6, 6.07) is 10.4. The second kappa shape index (κ2) is 6.87. The smallest absolute Gasteiger partial charge is 0.416 e. The van der Waals surface area contributed by atoms with Crippen molar-refractivity contribution >= 4 is 11.7 Å². The Bertz CT molecular complexity index is 997. The van der Waals surface area contributed by atoms with Gasteiger partial charge in [0.2, 0.25) is 0 Å². The number of aromatic nitrogens is 1. The van der Waals surface area contributed by atoms with Gasteiger partial charge in [0, 0.05) is 23.2 Å². The van der Waals surface area contributed by atoms with Crippen molar-refractivity contribution in [3.8, 4) is 17.1 Å². The van der Waals surface area contributed by atoms with Crippen LogP contribution in [0.25, 0.3) is 11.3 Å². The molecule has 0 aliphatic carbocycles. The van der Waals surface area contributed by atoms with Gasteiger partial charge >= 0.3 is 6.18 Å². The Morgan fingerprint density at radius 1 is 1.14 bits per heavy atom. The highest BCUT2D eigenvalue weighted by molar-refractivity contribution is 5.66. The second-order valence-corrected chi connectivity index (χ2v) is 6.58. The summed E-state index contributed by atoms with van der Waals surface area (Å²) in [6.07, 6.45) is -4.55. The zero-order chi connectivity index (χ0) is 19.9. The molecule has 8 heteroatoms. The molecule has 2 heterocycles. The second-order valence-electron chi connectivity index (χ2n) is 6.58. The number of alkyl halides is 3. The minimum Gasteiger partial charge on any atom is -0.491 e. The molecule has 1 unspecified atom stereocenters. The first-order valence-electron chi connectivity index (χ1n) is 8.66. The van der Waals surface area contributed by atoms with Gasteiger partial charge in [0.05, 0.1) is 17.4 Å². The molecule has 146 valence electrons. The summed E-state index contributed by atoms with van der Waals surface area (Å²) in [4.78, 5) is 4.32. The monoisotopic (exact) mass is 390 g/mol. The maximum absolute atomic E-state index is 12.7. The number of benzene rings is 2. The van der Waals surface area contributed by atoms with E-state index >= 15 is 0 Å². The van der Waals surface area contributed by atoms with Crippen molar-refractivity contribution in [3.63, 3.8) is 0 Å². The number of aliphatic hydroxyl groups is 1. The van der Waals surface area contributed by atoms with Gasteiger partial charge in [-0.1, -0.05) is 18.2 Å². The van der Waals surface area contributed by atoms with E-state index < -0.39 is 17.8 Å². The molecule has 1 aliphatic heterocycles. The van der Waals surface area contributed by atoms with Crippen LogP contribution in [-0.4, -0.2) is 22.8 Å². The molecular weight excluding hydrogens is 373 g/mol. The number of hydrogen-bond donors (Lipinski definition) is 2. The number of nitrogens with one attached hydrogen (secondary N) is 1. The van der Waals surface area contributed by atoms with Gasteiger partial charge in [-0.25, -0.2) is 0 Å². The van der Waals surface area contributed by atoms with E-state index in [1.54, 1.807) is 6.92 Å². The van der Waals surface area contributed by atoms with Crippen molar-refractivity contribution < 1.29 is 27.4 Å². The Morgan fingerprint density at radius 2 is 1.89 bits per heavy atom. The fourth-order valence-electron chi connectivity index (χ4n) is 3.15. The summed E-state index contributed by atoms with van der Waals surface area (Å²) in [5, 5.41) is 12.9. The lowest BCUT2D eigenvalue weighted by atomic mass is 10.0. The van der Waals surface area contributed by atoms with Gasteiger partial charge in [0.1, 0.15) is 12.4 Å². The van der Waals surface area contributed by atoms with E-state index in [2.05, 4.69) is 10.3 Å². The highest BCUT2D eigenvalue weighted by Crippen LogP contribution is 2.35. The summed E-state index contributed by atoms with van der Waals surface area (Å²) in [6.45, 7) is 1.96. The number of hydrogen-bond acceptors (Lipinski definition) is 5. The van der Waals surface area contributed by atoms with Crippen LogP contribution in [0, 0.1) is 6.92 Å². The van der Waals surface area contributed by atoms with E-state index in [0.717, 1.165) is 17.7 Å².